The minimum Gasteiger partial charge on any atom is -0.365 e. The standard InChI is InChI=1S/C19H21ClN6O2S/c1-29(27,28)17-5-3-2-4-14(17)8-21-18-16(20)10-22-19(25-18)24-15-9-23-26(12-15)11-13-6-7-13/h2-5,9-10,12-13H,6-8,11H2,1H3,(H2,21,22,24,25). The van der Waals surface area contributed by atoms with Crippen molar-refractivity contribution in [1.82, 2.24) is 19.7 Å². The van der Waals surface area contributed by atoms with Gasteiger partial charge in [-0.1, -0.05) is 29.8 Å². The van der Waals surface area contributed by atoms with Gasteiger partial charge in [-0.15, -0.1) is 0 Å². The van der Waals surface area contributed by atoms with Gasteiger partial charge in [0.2, 0.25) is 5.95 Å². The van der Waals surface area contributed by atoms with Crippen LogP contribution in [0.5, 0.6) is 0 Å². The normalized spacial score (nSPS) is 14.0. The molecule has 0 atom stereocenters. The Hall–Kier alpha value is -2.65. The largest absolute Gasteiger partial charge is 0.365 e. The average molecular weight is 433 g/mol. The number of sulfone groups is 1. The van der Waals surface area contributed by atoms with Gasteiger partial charge in [-0.25, -0.2) is 13.4 Å². The second-order valence-corrected chi connectivity index (χ2v) is 9.53. The van der Waals surface area contributed by atoms with Crippen LogP contribution in [0.2, 0.25) is 5.02 Å². The van der Waals surface area contributed by atoms with Gasteiger partial charge in [-0.05, 0) is 30.4 Å². The van der Waals surface area contributed by atoms with Crippen molar-refractivity contribution in [3.8, 4) is 0 Å². The summed E-state index contributed by atoms with van der Waals surface area (Å²) in [5.74, 6) is 1.53. The van der Waals surface area contributed by atoms with E-state index < -0.39 is 9.84 Å². The first-order chi connectivity index (χ1) is 13.9. The molecule has 0 saturated heterocycles. The molecule has 1 fully saturated rings. The first kappa shape index (κ1) is 19.7. The molecule has 2 aromatic heterocycles. The number of halogens is 1. The maximum Gasteiger partial charge on any atom is 0.229 e. The third-order valence-electron chi connectivity index (χ3n) is 4.59. The number of hydrogen-bond donors (Lipinski definition) is 2. The number of aromatic nitrogens is 4. The molecule has 1 aromatic carbocycles. The third-order valence-corrected chi connectivity index (χ3v) is 6.07. The van der Waals surface area contributed by atoms with Crippen molar-refractivity contribution >= 4 is 38.9 Å². The minimum absolute atomic E-state index is 0.263. The third kappa shape index (κ3) is 5.04. The molecule has 1 saturated carbocycles. The van der Waals surface area contributed by atoms with Crippen molar-refractivity contribution < 1.29 is 8.42 Å². The average Bonchev–Trinajstić information content (AvgIpc) is 3.39. The molecule has 0 aliphatic heterocycles. The van der Waals surface area contributed by atoms with E-state index in [2.05, 4.69) is 25.7 Å². The quantitative estimate of drug-likeness (QED) is 0.561. The smallest absolute Gasteiger partial charge is 0.229 e. The Bertz CT molecular complexity index is 1130. The van der Waals surface area contributed by atoms with Crippen LogP contribution in [-0.2, 0) is 22.9 Å². The van der Waals surface area contributed by atoms with E-state index in [0.29, 0.717) is 22.4 Å². The lowest BCUT2D eigenvalue weighted by molar-refractivity contribution is 0.563. The second-order valence-electron chi connectivity index (χ2n) is 7.14. The van der Waals surface area contributed by atoms with Crippen molar-refractivity contribution in [2.45, 2.75) is 30.8 Å². The highest BCUT2D eigenvalue weighted by atomic mass is 35.5. The highest BCUT2D eigenvalue weighted by Crippen LogP contribution is 2.30. The SMILES string of the molecule is CS(=O)(=O)c1ccccc1CNc1nc(Nc2cnn(CC3CC3)c2)ncc1Cl. The lowest BCUT2D eigenvalue weighted by Gasteiger charge is -2.11. The van der Waals surface area contributed by atoms with E-state index in [1.807, 2.05) is 10.9 Å². The van der Waals surface area contributed by atoms with Gasteiger partial charge in [0.25, 0.3) is 0 Å². The Labute approximate surface area is 174 Å². The molecule has 2 heterocycles. The molecule has 1 aliphatic rings. The van der Waals surface area contributed by atoms with Gasteiger partial charge in [-0.3, -0.25) is 4.68 Å². The number of nitrogens with one attached hydrogen (secondary N) is 2. The molecule has 2 N–H and O–H groups in total. The van der Waals surface area contributed by atoms with Gasteiger partial charge in [0.05, 0.1) is 23.0 Å². The zero-order valence-corrected chi connectivity index (χ0v) is 17.4. The number of anilines is 3. The van der Waals surface area contributed by atoms with Crippen molar-refractivity contribution in [3.63, 3.8) is 0 Å². The van der Waals surface area contributed by atoms with Crippen LogP contribution in [0.4, 0.5) is 17.5 Å². The predicted molar refractivity (Wildman–Crippen MR) is 112 cm³/mol. The monoisotopic (exact) mass is 432 g/mol. The first-order valence-corrected chi connectivity index (χ1v) is 11.5. The Morgan fingerprint density at radius 2 is 2.03 bits per heavy atom. The van der Waals surface area contributed by atoms with Crippen LogP contribution in [0, 0.1) is 5.92 Å². The summed E-state index contributed by atoms with van der Waals surface area (Å²) in [5.41, 5.74) is 1.43. The zero-order valence-electron chi connectivity index (χ0n) is 15.8. The van der Waals surface area contributed by atoms with Crippen LogP contribution in [0.3, 0.4) is 0 Å². The van der Waals surface area contributed by atoms with Crippen LogP contribution >= 0.6 is 11.6 Å². The van der Waals surface area contributed by atoms with Gasteiger partial charge in [0, 0.05) is 25.5 Å². The van der Waals surface area contributed by atoms with Crippen LogP contribution in [0.15, 0.2) is 47.8 Å². The van der Waals surface area contributed by atoms with Crippen molar-refractivity contribution in [2.75, 3.05) is 16.9 Å². The molecule has 0 radical (unpaired) electrons. The van der Waals surface area contributed by atoms with E-state index in [1.165, 1.54) is 25.3 Å². The van der Waals surface area contributed by atoms with Crippen molar-refractivity contribution in [1.29, 1.82) is 0 Å². The first-order valence-electron chi connectivity index (χ1n) is 9.22. The summed E-state index contributed by atoms with van der Waals surface area (Å²) in [6.07, 6.45) is 8.87. The topological polar surface area (TPSA) is 102 Å². The maximum absolute atomic E-state index is 12.0. The van der Waals surface area contributed by atoms with E-state index in [1.54, 1.807) is 30.5 Å². The molecule has 10 heteroatoms. The molecular formula is C19H21ClN6O2S. The van der Waals surface area contributed by atoms with Crippen LogP contribution in [0.1, 0.15) is 18.4 Å². The lowest BCUT2D eigenvalue weighted by Crippen LogP contribution is -2.09. The molecule has 29 heavy (non-hydrogen) atoms. The summed E-state index contributed by atoms with van der Waals surface area (Å²) in [4.78, 5) is 8.88. The molecule has 152 valence electrons. The Morgan fingerprint density at radius 1 is 1.24 bits per heavy atom. The summed E-state index contributed by atoms with van der Waals surface area (Å²) >= 11 is 6.21. The van der Waals surface area contributed by atoms with Crippen LogP contribution < -0.4 is 10.6 Å². The van der Waals surface area contributed by atoms with Crippen molar-refractivity contribution in [3.05, 3.63) is 53.4 Å². The van der Waals surface area contributed by atoms with Gasteiger partial charge in [0.15, 0.2) is 15.7 Å². The van der Waals surface area contributed by atoms with Crippen LogP contribution in [0.25, 0.3) is 0 Å². The fourth-order valence-electron chi connectivity index (χ4n) is 2.96. The highest BCUT2D eigenvalue weighted by molar-refractivity contribution is 7.90. The maximum atomic E-state index is 12.0. The summed E-state index contributed by atoms with van der Waals surface area (Å²) in [6.45, 7) is 1.19. The fraction of sp³-hybridized carbons (Fsp3) is 0.316. The van der Waals surface area contributed by atoms with Gasteiger partial charge in [0.1, 0.15) is 5.02 Å². The molecule has 3 aromatic rings. The Balaban J connectivity index is 1.47. The molecule has 0 amide bonds. The predicted octanol–water partition coefficient (Wildman–Crippen LogP) is 3.50. The van der Waals surface area contributed by atoms with E-state index >= 15 is 0 Å². The molecule has 0 spiro atoms. The Kier molecular flexibility index (Phi) is 5.42. The zero-order chi connectivity index (χ0) is 20.4. The summed E-state index contributed by atoms with van der Waals surface area (Å²) in [5, 5.41) is 10.9. The highest BCUT2D eigenvalue weighted by Gasteiger charge is 2.22. The molecule has 8 nitrogen and oxygen atoms in total. The van der Waals surface area contributed by atoms with Gasteiger partial charge >= 0.3 is 0 Å². The number of nitrogens with zero attached hydrogens (tertiary/aromatic N) is 4. The summed E-state index contributed by atoms with van der Waals surface area (Å²) in [6, 6.07) is 6.83. The van der Waals surface area contributed by atoms with Gasteiger partial charge in [-0.2, -0.15) is 10.1 Å². The van der Waals surface area contributed by atoms with Gasteiger partial charge < -0.3 is 10.6 Å². The minimum atomic E-state index is -3.33. The molecule has 1 aliphatic carbocycles. The number of rotatable bonds is 8. The van der Waals surface area contributed by atoms with Crippen molar-refractivity contribution in [2.24, 2.45) is 5.92 Å². The second kappa shape index (κ2) is 8.00. The molecule has 0 unspecified atom stereocenters. The fourth-order valence-corrected chi connectivity index (χ4v) is 4.06. The Morgan fingerprint density at radius 3 is 2.79 bits per heavy atom. The van der Waals surface area contributed by atoms with E-state index in [-0.39, 0.29) is 11.4 Å². The van der Waals surface area contributed by atoms with E-state index in [0.717, 1.165) is 18.2 Å². The van der Waals surface area contributed by atoms with Crippen LogP contribution in [-0.4, -0.2) is 34.4 Å². The summed E-state index contributed by atoms with van der Waals surface area (Å²) in [7, 11) is -3.33. The number of hydrogen-bond acceptors (Lipinski definition) is 7. The molecule has 0 bridgehead atoms. The lowest BCUT2D eigenvalue weighted by atomic mass is 10.2. The summed E-state index contributed by atoms with van der Waals surface area (Å²) < 4.78 is 25.8. The molecule has 4 rings (SSSR count). The van der Waals surface area contributed by atoms with E-state index in [4.69, 9.17) is 11.6 Å². The van der Waals surface area contributed by atoms with E-state index in [9.17, 15) is 8.42 Å². The molecular weight excluding hydrogens is 412 g/mol. The number of benzene rings is 1.